The van der Waals surface area contributed by atoms with Gasteiger partial charge in [-0.25, -0.2) is 14.8 Å². The van der Waals surface area contributed by atoms with E-state index in [0.717, 1.165) is 11.3 Å². The predicted octanol–water partition coefficient (Wildman–Crippen LogP) is 2.49. The molecule has 6 heteroatoms. The van der Waals surface area contributed by atoms with Crippen LogP contribution >= 0.6 is 15.9 Å². The van der Waals surface area contributed by atoms with Crippen LogP contribution in [0.1, 0.15) is 32.0 Å². The van der Waals surface area contributed by atoms with Crippen molar-refractivity contribution in [2.45, 2.75) is 39.5 Å². The molecule has 2 heterocycles. The summed E-state index contributed by atoms with van der Waals surface area (Å²) in [6.45, 7) is 6.54. The van der Waals surface area contributed by atoms with Gasteiger partial charge in [0.25, 0.3) is 0 Å². The Bertz CT molecular complexity index is 457. The van der Waals surface area contributed by atoms with Crippen LogP contribution in [-0.2, 0) is 17.8 Å². The molecule has 0 spiro atoms. The minimum absolute atomic E-state index is 0.313. The van der Waals surface area contributed by atoms with E-state index in [-0.39, 0.29) is 6.09 Å². The molecule has 1 aromatic rings. The zero-order valence-corrected chi connectivity index (χ0v) is 11.6. The number of nitrogens with zero attached hydrogens (tertiary/aromatic N) is 3. The van der Waals surface area contributed by atoms with Crippen LogP contribution in [0, 0.1) is 0 Å². The molecule has 0 saturated heterocycles. The van der Waals surface area contributed by atoms with E-state index in [4.69, 9.17) is 4.74 Å². The first-order valence-electron chi connectivity index (χ1n) is 5.33. The van der Waals surface area contributed by atoms with Crippen molar-refractivity contribution in [3.63, 3.8) is 0 Å². The molecule has 0 fully saturated rings. The molecular formula is C11H14BrN3O2. The van der Waals surface area contributed by atoms with E-state index in [9.17, 15) is 4.79 Å². The van der Waals surface area contributed by atoms with Crippen LogP contribution < -0.4 is 0 Å². The summed E-state index contributed by atoms with van der Waals surface area (Å²) in [6, 6.07) is 0. The fourth-order valence-corrected chi connectivity index (χ4v) is 1.90. The number of halogens is 1. The molecule has 1 amide bonds. The van der Waals surface area contributed by atoms with Crippen molar-refractivity contribution in [3.8, 4) is 0 Å². The average molecular weight is 300 g/mol. The summed E-state index contributed by atoms with van der Waals surface area (Å²) in [5.74, 6) is 0. The third-order valence-corrected chi connectivity index (χ3v) is 2.66. The Balaban J connectivity index is 2.07. The number of carbonyl (C=O) groups excluding carboxylic acids is 1. The molecule has 92 valence electrons. The van der Waals surface area contributed by atoms with Crippen LogP contribution in [0.2, 0.25) is 0 Å². The van der Waals surface area contributed by atoms with Crippen molar-refractivity contribution in [2.24, 2.45) is 0 Å². The van der Waals surface area contributed by atoms with Crippen molar-refractivity contribution in [2.75, 3.05) is 0 Å². The number of hydrogen-bond acceptors (Lipinski definition) is 4. The van der Waals surface area contributed by atoms with Crippen LogP contribution in [-0.4, -0.2) is 26.6 Å². The Hall–Kier alpha value is -1.17. The molecular weight excluding hydrogens is 286 g/mol. The van der Waals surface area contributed by atoms with E-state index in [0.29, 0.717) is 17.8 Å². The van der Waals surface area contributed by atoms with Crippen LogP contribution in [0.15, 0.2) is 10.9 Å². The molecule has 0 saturated carbocycles. The van der Waals surface area contributed by atoms with Gasteiger partial charge < -0.3 is 4.74 Å². The van der Waals surface area contributed by atoms with Gasteiger partial charge in [-0.2, -0.15) is 0 Å². The number of ether oxygens (including phenoxy) is 1. The number of carbonyl (C=O) groups is 1. The second-order valence-corrected chi connectivity index (χ2v) is 5.66. The molecule has 0 bridgehead atoms. The standard InChI is InChI=1S/C11H14BrN3O2/c1-11(2,3)17-10(16)15-5-7-4-13-9(12)14-8(7)6-15/h4H,5-6H2,1-3H3. The van der Waals surface area contributed by atoms with Crippen LogP contribution in [0.3, 0.4) is 0 Å². The van der Waals surface area contributed by atoms with Gasteiger partial charge in [-0.15, -0.1) is 0 Å². The van der Waals surface area contributed by atoms with Crippen molar-refractivity contribution in [3.05, 3.63) is 22.2 Å². The maximum absolute atomic E-state index is 11.9. The summed E-state index contributed by atoms with van der Waals surface area (Å²) in [5.41, 5.74) is 1.37. The van der Waals surface area contributed by atoms with Crippen molar-refractivity contribution >= 4 is 22.0 Å². The van der Waals surface area contributed by atoms with Crippen molar-refractivity contribution in [1.82, 2.24) is 14.9 Å². The molecule has 5 nitrogen and oxygen atoms in total. The summed E-state index contributed by atoms with van der Waals surface area (Å²) in [7, 11) is 0. The van der Waals surface area contributed by atoms with E-state index >= 15 is 0 Å². The van der Waals surface area contributed by atoms with E-state index in [1.165, 1.54) is 0 Å². The van der Waals surface area contributed by atoms with Crippen LogP contribution in [0.5, 0.6) is 0 Å². The van der Waals surface area contributed by atoms with Gasteiger partial charge in [0.2, 0.25) is 0 Å². The van der Waals surface area contributed by atoms with Gasteiger partial charge in [0.1, 0.15) is 5.60 Å². The Labute approximate surface area is 108 Å². The number of fused-ring (bicyclic) bond motifs is 1. The number of aromatic nitrogens is 2. The van der Waals surface area contributed by atoms with Crippen LogP contribution in [0.4, 0.5) is 4.79 Å². The third-order valence-electron chi connectivity index (χ3n) is 2.28. The molecule has 0 aliphatic carbocycles. The SMILES string of the molecule is CC(C)(C)OC(=O)N1Cc2cnc(Br)nc2C1. The monoisotopic (exact) mass is 299 g/mol. The lowest BCUT2D eigenvalue weighted by Gasteiger charge is -2.23. The normalized spacial score (nSPS) is 14.7. The van der Waals surface area contributed by atoms with Gasteiger partial charge in [-0.1, -0.05) is 0 Å². The highest BCUT2D eigenvalue weighted by molar-refractivity contribution is 9.10. The lowest BCUT2D eigenvalue weighted by atomic mass is 10.2. The topological polar surface area (TPSA) is 55.3 Å². The third kappa shape index (κ3) is 2.94. The molecule has 0 N–H and O–H groups in total. The predicted molar refractivity (Wildman–Crippen MR) is 65.2 cm³/mol. The second-order valence-electron chi connectivity index (χ2n) is 4.95. The van der Waals surface area contributed by atoms with Gasteiger partial charge in [0.05, 0.1) is 18.8 Å². The first-order valence-corrected chi connectivity index (χ1v) is 6.13. The van der Waals surface area contributed by atoms with Gasteiger partial charge in [0, 0.05) is 11.8 Å². The number of hydrogen-bond donors (Lipinski definition) is 0. The van der Waals surface area contributed by atoms with Crippen LogP contribution in [0.25, 0.3) is 0 Å². The van der Waals surface area contributed by atoms with E-state index in [2.05, 4.69) is 25.9 Å². The highest BCUT2D eigenvalue weighted by Crippen LogP contribution is 2.23. The molecule has 1 aromatic heterocycles. The minimum Gasteiger partial charge on any atom is -0.444 e. The summed E-state index contributed by atoms with van der Waals surface area (Å²) in [5, 5.41) is 0. The fraction of sp³-hybridized carbons (Fsp3) is 0.545. The van der Waals surface area contributed by atoms with Crippen molar-refractivity contribution in [1.29, 1.82) is 0 Å². The molecule has 17 heavy (non-hydrogen) atoms. The largest absolute Gasteiger partial charge is 0.444 e. The quantitative estimate of drug-likeness (QED) is 0.691. The average Bonchev–Trinajstić information content (AvgIpc) is 2.57. The summed E-state index contributed by atoms with van der Waals surface area (Å²) in [6.07, 6.45) is 1.42. The Morgan fingerprint density at radius 2 is 2.18 bits per heavy atom. The Morgan fingerprint density at radius 3 is 2.82 bits per heavy atom. The second kappa shape index (κ2) is 4.25. The Kier molecular flexibility index (Phi) is 3.07. The summed E-state index contributed by atoms with van der Waals surface area (Å²) < 4.78 is 5.85. The van der Waals surface area contributed by atoms with Gasteiger partial charge in [-0.05, 0) is 36.7 Å². The number of rotatable bonds is 0. The van der Waals surface area contributed by atoms with Gasteiger partial charge >= 0.3 is 6.09 Å². The van der Waals surface area contributed by atoms with E-state index < -0.39 is 5.60 Å². The lowest BCUT2D eigenvalue weighted by Crippen LogP contribution is -2.33. The zero-order valence-electron chi connectivity index (χ0n) is 10.0. The van der Waals surface area contributed by atoms with E-state index in [1.807, 2.05) is 20.8 Å². The molecule has 0 aromatic carbocycles. The minimum atomic E-state index is -0.474. The van der Waals surface area contributed by atoms with Gasteiger partial charge in [0.15, 0.2) is 4.73 Å². The van der Waals surface area contributed by atoms with E-state index in [1.54, 1.807) is 11.1 Å². The fourth-order valence-electron chi connectivity index (χ4n) is 1.58. The molecule has 1 aliphatic rings. The number of amides is 1. The zero-order chi connectivity index (χ0) is 12.6. The summed E-state index contributed by atoms with van der Waals surface area (Å²) >= 11 is 3.21. The van der Waals surface area contributed by atoms with Gasteiger partial charge in [-0.3, -0.25) is 4.90 Å². The van der Waals surface area contributed by atoms with Crippen molar-refractivity contribution < 1.29 is 9.53 Å². The molecule has 0 radical (unpaired) electrons. The smallest absolute Gasteiger partial charge is 0.410 e. The Morgan fingerprint density at radius 1 is 1.47 bits per heavy atom. The first-order chi connectivity index (χ1) is 7.85. The molecule has 0 unspecified atom stereocenters. The summed E-state index contributed by atoms with van der Waals surface area (Å²) in [4.78, 5) is 21.8. The highest BCUT2D eigenvalue weighted by atomic mass is 79.9. The lowest BCUT2D eigenvalue weighted by molar-refractivity contribution is 0.0240. The highest BCUT2D eigenvalue weighted by Gasteiger charge is 2.28. The first kappa shape index (κ1) is 12.3. The molecule has 1 aliphatic heterocycles. The maximum Gasteiger partial charge on any atom is 0.410 e. The maximum atomic E-state index is 11.9. The molecule has 2 rings (SSSR count). The molecule has 0 atom stereocenters.